The van der Waals surface area contributed by atoms with E-state index >= 15 is 0 Å². The third-order valence-electron chi connectivity index (χ3n) is 4.44. The summed E-state index contributed by atoms with van der Waals surface area (Å²) in [6.45, 7) is 7.95. The van der Waals surface area contributed by atoms with Gasteiger partial charge in [0.1, 0.15) is 18.4 Å². The van der Waals surface area contributed by atoms with Crippen LogP contribution >= 0.6 is 0 Å². The zero-order valence-corrected chi connectivity index (χ0v) is 18.6. The summed E-state index contributed by atoms with van der Waals surface area (Å²) in [5.41, 5.74) is 0. The normalized spacial score (nSPS) is 13.9. The average Bonchev–Trinajstić information content (AvgIpc) is 2.69. The number of carbonyl (C=O) groups is 3. The van der Waals surface area contributed by atoms with E-state index in [9.17, 15) is 19.5 Å². The van der Waals surface area contributed by atoms with E-state index in [2.05, 4.69) is 16.0 Å². The summed E-state index contributed by atoms with van der Waals surface area (Å²) in [5.74, 6) is -0.367. The fourth-order valence-electron chi connectivity index (χ4n) is 3.06. The molecule has 0 aromatic heterocycles. The summed E-state index contributed by atoms with van der Waals surface area (Å²) in [6.07, 6.45) is -2.14. The van der Waals surface area contributed by atoms with Crippen molar-refractivity contribution in [2.45, 2.75) is 58.7 Å². The molecule has 0 spiro atoms. The Bertz CT molecular complexity index is 696. The minimum atomic E-state index is -1.48. The molecule has 0 aliphatic rings. The molecule has 0 fully saturated rings. The third-order valence-corrected chi connectivity index (χ3v) is 4.44. The van der Waals surface area contributed by atoms with E-state index in [-0.39, 0.29) is 25.0 Å². The highest BCUT2D eigenvalue weighted by Crippen LogP contribution is 2.12. The van der Waals surface area contributed by atoms with Crippen LogP contribution in [0.2, 0.25) is 0 Å². The number of hydrogen-bond acceptors (Lipinski definition) is 5. The first kappa shape index (κ1) is 26.2. The molecule has 1 rings (SSSR count). The van der Waals surface area contributed by atoms with Crippen molar-refractivity contribution in [1.82, 2.24) is 16.0 Å². The zero-order chi connectivity index (χ0) is 23.4. The van der Waals surface area contributed by atoms with Gasteiger partial charge in [-0.15, -0.1) is 0 Å². The molecule has 0 saturated heterocycles. The molecule has 31 heavy (non-hydrogen) atoms. The maximum atomic E-state index is 12.7. The summed E-state index contributed by atoms with van der Waals surface area (Å²) in [5, 5.41) is 27.0. The fraction of sp³-hybridized carbons (Fsp3) is 0.591. The predicted octanol–water partition coefficient (Wildman–Crippen LogP) is 1.76. The van der Waals surface area contributed by atoms with E-state index in [1.807, 2.05) is 45.9 Å². The molecule has 1 aromatic carbocycles. The predicted molar refractivity (Wildman–Crippen MR) is 117 cm³/mol. The molecule has 5 N–H and O–H groups in total. The number of carbonyl (C=O) groups excluding carboxylic acids is 2. The number of rotatable bonds is 13. The Balaban J connectivity index is 2.66. The van der Waals surface area contributed by atoms with Crippen molar-refractivity contribution in [3.63, 3.8) is 0 Å². The number of aliphatic hydroxyl groups is 1. The number of hydrogen-bond donors (Lipinski definition) is 5. The van der Waals surface area contributed by atoms with Gasteiger partial charge in [0.2, 0.25) is 5.91 Å². The van der Waals surface area contributed by atoms with Gasteiger partial charge in [-0.2, -0.15) is 0 Å². The van der Waals surface area contributed by atoms with E-state index < -0.39 is 36.1 Å². The van der Waals surface area contributed by atoms with Crippen molar-refractivity contribution in [2.24, 2.45) is 11.8 Å². The van der Waals surface area contributed by atoms with Gasteiger partial charge < -0.3 is 30.9 Å². The average molecular weight is 438 g/mol. The minimum Gasteiger partial charge on any atom is -0.492 e. The molecule has 174 valence electrons. The molecular weight excluding hydrogens is 402 g/mol. The van der Waals surface area contributed by atoms with E-state index in [0.717, 1.165) is 0 Å². The molecule has 1 unspecified atom stereocenters. The molecule has 0 bridgehead atoms. The smallest absolute Gasteiger partial charge is 0.405 e. The first-order valence-corrected chi connectivity index (χ1v) is 10.5. The highest BCUT2D eigenvalue weighted by Gasteiger charge is 2.31. The summed E-state index contributed by atoms with van der Waals surface area (Å²) in [7, 11) is 0. The van der Waals surface area contributed by atoms with Crippen LogP contribution in [-0.4, -0.2) is 59.5 Å². The first-order valence-electron chi connectivity index (χ1n) is 10.5. The lowest BCUT2D eigenvalue weighted by Gasteiger charge is -2.27. The number of amides is 3. The molecule has 0 saturated carbocycles. The van der Waals surface area contributed by atoms with Crippen LogP contribution in [0.1, 0.15) is 40.5 Å². The minimum absolute atomic E-state index is 0.0731. The van der Waals surface area contributed by atoms with Gasteiger partial charge in [-0.25, -0.2) is 4.79 Å². The second-order valence-corrected chi connectivity index (χ2v) is 8.27. The largest absolute Gasteiger partial charge is 0.492 e. The molecule has 3 amide bonds. The Morgan fingerprint density at radius 2 is 1.55 bits per heavy atom. The summed E-state index contributed by atoms with van der Waals surface area (Å²) >= 11 is 0. The highest BCUT2D eigenvalue weighted by atomic mass is 16.5. The molecule has 9 heteroatoms. The Morgan fingerprint density at radius 3 is 2.10 bits per heavy atom. The first-order chi connectivity index (χ1) is 14.6. The number of para-hydroxylation sites is 1. The second kappa shape index (κ2) is 13.5. The van der Waals surface area contributed by atoms with E-state index in [4.69, 9.17) is 9.84 Å². The lowest BCUT2D eigenvalue weighted by Crippen LogP contribution is -2.56. The fourth-order valence-corrected chi connectivity index (χ4v) is 3.06. The molecule has 0 aliphatic heterocycles. The number of aliphatic hydroxyl groups excluding tert-OH is 1. The van der Waals surface area contributed by atoms with Gasteiger partial charge in [0, 0.05) is 0 Å². The van der Waals surface area contributed by atoms with Gasteiger partial charge in [-0.1, -0.05) is 45.9 Å². The van der Waals surface area contributed by atoms with E-state index in [0.29, 0.717) is 18.6 Å². The second-order valence-electron chi connectivity index (χ2n) is 8.27. The number of carboxylic acid groups (broad SMARTS) is 1. The van der Waals surface area contributed by atoms with Crippen LogP contribution in [-0.2, 0) is 9.59 Å². The molecule has 0 radical (unpaired) electrons. The van der Waals surface area contributed by atoms with Gasteiger partial charge in [0.25, 0.3) is 5.91 Å². The Kier molecular flexibility index (Phi) is 11.4. The Labute approximate surface area is 183 Å². The topological polar surface area (TPSA) is 137 Å². The van der Waals surface area contributed by atoms with Crippen molar-refractivity contribution >= 4 is 17.9 Å². The Hall–Kier alpha value is -2.81. The number of benzene rings is 1. The van der Waals surface area contributed by atoms with Gasteiger partial charge in [0.15, 0.2) is 6.10 Å². The van der Waals surface area contributed by atoms with Crippen LogP contribution in [0.4, 0.5) is 4.79 Å². The highest BCUT2D eigenvalue weighted by molar-refractivity contribution is 5.87. The summed E-state index contributed by atoms with van der Waals surface area (Å²) in [6, 6.07) is 7.30. The monoisotopic (exact) mass is 437 g/mol. The third kappa shape index (κ3) is 10.7. The van der Waals surface area contributed by atoms with Crippen molar-refractivity contribution in [1.29, 1.82) is 0 Å². The zero-order valence-electron chi connectivity index (χ0n) is 18.6. The molecule has 3 atom stereocenters. The SMILES string of the molecule is CC(C)C[C@H](NC(=O)O)C(=O)N[C@@H](CC(C)C)C(O)C(=O)NCCOc1ccccc1. The van der Waals surface area contributed by atoms with Crippen molar-refractivity contribution in [3.8, 4) is 5.75 Å². The summed E-state index contributed by atoms with van der Waals surface area (Å²) < 4.78 is 5.50. The standard InChI is InChI=1S/C22H35N3O6/c1-14(2)12-17(24-20(27)18(13-15(3)4)25-22(29)30)19(26)21(28)23-10-11-31-16-8-6-5-7-9-16/h5-9,14-15,17-19,25-26H,10-13H2,1-4H3,(H,23,28)(H,24,27)(H,29,30)/t17-,18-,19?/m0/s1. The van der Waals surface area contributed by atoms with Crippen LogP contribution in [0.25, 0.3) is 0 Å². The van der Waals surface area contributed by atoms with Gasteiger partial charge in [-0.3, -0.25) is 9.59 Å². The van der Waals surface area contributed by atoms with Crippen molar-refractivity contribution in [2.75, 3.05) is 13.2 Å². The lowest BCUT2D eigenvalue weighted by molar-refractivity contribution is -0.133. The van der Waals surface area contributed by atoms with Crippen LogP contribution in [0.5, 0.6) is 5.75 Å². The van der Waals surface area contributed by atoms with Crippen LogP contribution in [0.15, 0.2) is 30.3 Å². The number of ether oxygens (including phenoxy) is 1. The van der Waals surface area contributed by atoms with Gasteiger partial charge in [0.05, 0.1) is 12.6 Å². The quantitative estimate of drug-likeness (QED) is 0.298. The van der Waals surface area contributed by atoms with E-state index in [1.54, 1.807) is 12.1 Å². The van der Waals surface area contributed by atoms with Crippen molar-refractivity contribution < 1.29 is 29.3 Å². The number of nitrogens with one attached hydrogen (secondary N) is 3. The molecule has 0 aliphatic carbocycles. The van der Waals surface area contributed by atoms with Crippen molar-refractivity contribution in [3.05, 3.63) is 30.3 Å². The molecular formula is C22H35N3O6. The maximum absolute atomic E-state index is 12.7. The van der Waals surface area contributed by atoms with Gasteiger partial charge in [-0.05, 0) is 36.8 Å². The van der Waals surface area contributed by atoms with Crippen LogP contribution < -0.4 is 20.7 Å². The van der Waals surface area contributed by atoms with Crippen LogP contribution in [0.3, 0.4) is 0 Å². The van der Waals surface area contributed by atoms with E-state index in [1.165, 1.54) is 0 Å². The van der Waals surface area contributed by atoms with Gasteiger partial charge >= 0.3 is 6.09 Å². The molecule has 1 aromatic rings. The molecule has 9 nitrogen and oxygen atoms in total. The van der Waals surface area contributed by atoms with Crippen LogP contribution in [0, 0.1) is 11.8 Å². The summed E-state index contributed by atoms with van der Waals surface area (Å²) in [4.78, 5) is 36.1. The Morgan fingerprint density at radius 1 is 0.935 bits per heavy atom. The molecule has 0 heterocycles. The maximum Gasteiger partial charge on any atom is 0.405 e. The lowest BCUT2D eigenvalue weighted by atomic mass is 9.97.